The van der Waals surface area contributed by atoms with Crippen molar-refractivity contribution in [3.8, 4) is 0 Å². The Morgan fingerprint density at radius 3 is 2.88 bits per heavy atom. The smallest absolute Gasteiger partial charge is 0.217 e. The van der Waals surface area contributed by atoms with Crippen molar-refractivity contribution in [3.63, 3.8) is 0 Å². The zero-order valence-corrected chi connectivity index (χ0v) is 9.36. The van der Waals surface area contributed by atoms with Crippen molar-refractivity contribution in [2.75, 3.05) is 6.73 Å². The van der Waals surface area contributed by atoms with Crippen LogP contribution in [-0.4, -0.2) is 22.6 Å². The minimum Gasteiger partial charge on any atom is -0.381 e. The molecule has 0 spiro atoms. The normalized spacial score (nSPS) is 14.9. The SMILES string of the molecule is CC(=O)NCc1ccc2c(c1)CN(CO)C2. The maximum Gasteiger partial charge on any atom is 0.217 e. The molecule has 0 bridgehead atoms. The topological polar surface area (TPSA) is 52.6 Å². The number of hydrogen-bond acceptors (Lipinski definition) is 3. The first kappa shape index (κ1) is 11.1. The van der Waals surface area contributed by atoms with E-state index in [1.807, 2.05) is 11.0 Å². The summed E-state index contributed by atoms with van der Waals surface area (Å²) >= 11 is 0. The molecule has 4 heteroatoms. The Balaban J connectivity index is 2.07. The number of carbonyl (C=O) groups is 1. The molecule has 86 valence electrons. The first-order valence-electron chi connectivity index (χ1n) is 5.37. The van der Waals surface area contributed by atoms with E-state index < -0.39 is 0 Å². The molecule has 2 N–H and O–H groups in total. The molecule has 1 amide bonds. The summed E-state index contributed by atoms with van der Waals surface area (Å²) in [4.78, 5) is 12.8. The molecule has 1 aromatic rings. The van der Waals surface area contributed by atoms with E-state index >= 15 is 0 Å². The summed E-state index contributed by atoms with van der Waals surface area (Å²) in [6.45, 7) is 3.78. The van der Waals surface area contributed by atoms with Gasteiger partial charge in [0.15, 0.2) is 0 Å². The summed E-state index contributed by atoms with van der Waals surface area (Å²) in [6, 6.07) is 6.19. The number of nitrogens with one attached hydrogen (secondary N) is 1. The second kappa shape index (κ2) is 4.63. The maximum atomic E-state index is 10.8. The molecule has 2 rings (SSSR count). The first-order chi connectivity index (χ1) is 7.69. The van der Waals surface area contributed by atoms with Crippen LogP contribution in [-0.2, 0) is 24.4 Å². The molecule has 1 aliphatic heterocycles. The number of amides is 1. The Bertz CT molecular complexity index is 404. The molecule has 4 nitrogen and oxygen atoms in total. The van der Waals surface area contributed by atoms with Gasteiger partial charge < -0.3 is 10.4 Å². The van der Waals surface area contributed by atoms with Crippen LogP contribution in [0.4, 0.5) is 0 Å². The van der Waals surface area contributed by atoms with E-state index in [-0.39, 0.29) is 12.6 Å². The van der Waals surface area contributed by atoms with Crippen molar-refractivity contribution < 1.29 is 9.90 Å². The van der Waals surface area contributed by atoms with Crippen molar-refractivity contribution in [3.05, 3.63) is 34.9 Å². The Kier molecular flexibility index (Phi) is 3.22. The number of rotatable bonds is 3. The fourth-order valence-electron chi connectivity index (χ4n) is 1.95. The van der Waals surface area contributed by atoms with Gasteiger partial charge in [0.2, 0.25) is 5.91 Å². The van der Waals surface area contributed by atoms with E-state index in [1.54, 1.807) is 0 Å². The maximum absolute atomic E-state index is 10.8. The number of aliphatic hydroxyl groups is 1. The molecule has 0 saturated carbocycles. The highest BCUT2D eigenvalue weighted by atomic mass is 16.3. The number of hydrogen-bond donors (Lipinski definition) is 2. The number of carbonyl (C=O) groups excluding carboxylic acids is 1. The van der Waals surface area contributed by atoms with Gasteiger partial charge in [-0.05, 0) is 16.7 Å². The van der Waals surface area contributed by atoms with Crippen molar-refractivity contribution in [2.45, 2.75) is 26.6 Å². The predicted molar refractivity (Wildman–Crippen MR) is 60.3 cm³/mol. The average molecular weight is 220 g/mol. The Labute approximate surface area is 94.9 Å². The van der Waals surface area contributed by atoms with Gasteiger partial charge in [0.1, 0.15) is 0 Å². The standard InChI is InChI=1S/C12H16N2O2/c1-9(16)13-5-10-2-3-11-6-14(8-15)7-12(11)4-10/h2-4,15H,5-8H2,1H3,(H,13,16). The van der Waals surface area contributed by atoms with Crippen LogP contribution in [0, 0.1) is 0 Å². The second-order valence-corrected chi connectivity index (χ2v) is 4.14. The second-order valence-electron chi connectivity index (χ2n) is 4.14. The van der Waals surface area contributed by atoms with Crippen molar-refractivity contribution >= 4 is 5.91 Å². The highest BCUT2D eigenvalue weighted by molar-refractivity contribution is 5.72. The summed E-state index contributed by atoms with van der Waals surface area (Å²) in [5.74, 6) is -0.0162. The highest BCUT2D eigenvalue weighted by Gasteiger charge is 2.17. The summed E-state index contributed by atoms with van der Waals surface area (Å²) < 4.78 is 0. The van der Waals surface area contributed by atoms with Gasteiger partial charge in [0.05, 0.1) is 6.73 Å². The largest absolute Gasteiger partial charge is 0.381 e. The third-order valence-electron chi connectivity index (χ3n) is 2.80. The summed E-state index contributed by atoms with van der Waals surface area (Å²) in [5, 5.41) is 11.8. The molecule has 0 saturated heterocycles. The minimum atomic E-state index is -0.0162. The van der Waals surface area contributed by atoms with Gasteiger partial charge in [-0.3, -0.25) is 9.69 Å². The molecule has 0 radical (unpaired) electrons. The fourth-order valence-corrected chi connectivity index (χ4v) is 1.95. The fraction of sp³-hybridized carbons (Fsp3) is 0.417. The molecule has 0 aromatic heterocycles. The van der Waals surface area contributed by atoms with Crippen molar-refractivity contribution in [1.82, 2.24) is 10.2 Å². The Morgan fingerprint density at radius 2 is 2.19 bits per heavy atom. The van der Waals surface area contributed by atoms with Crippen molar-refractivity contribution in [2.24, 2.45) is 0 Å². The van der Waals surface area contributed by atoms with Crippen LogP contribution in [0.15, 0.2) is 18.2 Å². The molecule has 0 fully saturated rings. The lowest BCUT2D eigenvalue weighted by molar-refractivity contribution is -0.119. The Hall–Kier alpha value is -1.39. The van der Waals surface area contributed by atoms with Crippen LogP contribution in [0.2, 0.25) is 0 Å². The molecule has 0 unspecified atom stereocenters. The molecular formula is C12H16N2O2. The highest BCUT2D eigenvalue weighted by Crippen LogP contribution is 2.23. The van der Waals surface area contributed by atoms with Gasteiger partial charge in [-0.1, -0.05) is 18.2 Å². The quantitative estimate of drug-likeness (QED) is 0.783. The molecule has 1 aromatic carbocycles. The van der Waals surface area contributed by atoms with E-state index in [1.165, 1.54) is 18.1 Å². The lowest BCUT2D eigenvalue weighted by Crippen LogP contribution is -2.19. The number of nitrogens with zero attached hydrogens (tertiary/aromatic N) is 1. The third kappa shape index (κ3) is 2.40. The van der Waals surface area contributed by atoms with E-state index in [2.05, 4.69) is 17.4 Å². The molecule has 0 aliphatic carbocycles. The van der Waals surface area contributed by atoms with Gasteiger partial charge in [-0.25, -0.2) is 0 Å². The van der Waals surface area contributed by atoms with Crippen LogP contribution < -0.4 is 5.32 Å². The number of benzene rings is 1. The van der Waals surface area contributed by atoms with Gasteiger partial charge >= 0.3 is 0 Å². The molecule has 1 heterocycles. The first-order valence-corrected chi connectivity index (χ1v) is 5.37. The van der Waals surface area contributed by atoms with Crippen LogP contribution in [0.1, 0.15) is 23.6 Å². The van der Waals surface area contributed by atoms with Gasteiger partial charge in [-0.2, -0.15) is 0 Å². The van der Waals surface area contributed by atoms with Crippen molar-refractivity contribution in [1.29, 1.82) is 0 Å². The molecule has 1 aliphatic rings. The zero-order chi connectivity index (χ0) is 11.5. The van der Waals surface area contributed by atoms with Gasteiger partial charge in [0.25, 0.3) is 0 Å². The van der Waals surface area contributed by atoms with Crippen LogP contribution >= 0.6 is 0 Å². The van der Waals surface area contributed by atoms with E-state index in [0.717, 1.165) is 18.7 Å². The molecular weight excluding hydrogens is 204 g/mol. The minimum absolute atomic E-state index is 0.0162. The average Bonchev–Trinajstić information content (AvgIpc) is 2.68. The van der Waals surface area contributed by atoms with Gasteiger partial charge in [0, 0.05) is 26.6 Å². The number of aliphatic hydroxyl groups excluding tert-OH is 1. The molecule has 0 atom stereocenters. The van der Waals surface area contributed by atoms with Gasteiger partial charge in [-0.15, -0.1) is 0 Å². The van der Waals surface area contributed by atoms with Crippen LogP contribution in [0.5, 0.6) is 0 Å². The predicted octanol–water partition coefficient (Wildman–Crippen LogP) is 0.588. The number of fused-ring (bicyclic) bond motifs is 1. The lowest BCUT2D eigenvalue weighted by Gasteiger charge is -2.08. The summed E-state index contributed by atoms with van der Waals surface area (Å²) in [6.07, 6.45) is 0. The van der Waals surface area contributed by atoms with E-state index in [0.29, 0.717) is 6.54 Å². The van der Waals surface area contributed by atoms with E-state index in [9.17, 15) is 4.79 Å². The van der Waals surface area contributed by atoms with Crippen LogP contribution in [0.25, 0.3) is 0 Å². The third-order valence-corrected chi connectivity index (χ3v) is 2.80. The van der Waals surface area contributed by atoms with Crippen LogP contribution in [0.3, 0.4) is 0 Å². The zero-order valence-electron chi connectivity index (χ0n) is 9.36. The monoisotopic (exact) mass is 220 g/mol. The van der Waals surface area contributed by atoms with E-state index in [4.69, 9.17) is 5.11 Å². The molecule has 16 heavy (non-hydrogen) atoms. The lowest BCUT2D eigenvalue weighted by atomic mass is 10.1. The summed E-state index contributed by atoms with van der Waals surface area (Å²) in [7, 11) is 0. The summed E-state index contributed by atoms with van der Waals surface area (Å²) in [5.41, 5.74) is 3.62. The Morgan fingerprint density at radius 1 is 1.44 bits per heavy atom.